The Hall–Kier alpha value is -2.63. The lowest BCUT2D eigenvalue weighted by Crippen LogP contribution is -2.32. The summed E-state index contributed by atoms with van der Waals surface area (Å²) < 4.78 is 6.54. The fraction of sp³-hybridized carbons (Fsp3) is 0.312. The van der Waals surface area contributed by atoms with Gasteiger partial charge >= 0.3 is 0 Å². The molecule has 0 saturated carbocycles. The molecule has 0 spiro atoms. The highest BCUT2D eigenvalue weighted by atomic mass is 16.5. The van der Waals surface area contributed by atoms with E-state index in [9.17, 15) is 9.59 Å². The highest BCUT2D eigenvalue weighted by molar-refractivity contribution is 5.94. The van der Waals surface area contributed by atoms with E-state index in [0.717, 1.165) is 5.69 Å². The maximum atomic E-state index is 12.0. The Morgan fingerprint density at radius 1 is 1.27 bits per heavy atom. The average Bonchev–Trinajstić information content (AvgIpc) is 2.54. The molecule has 0 aliphatic rings. The van der Waals surface area contributed by atoms with E-state index >= 15 is 0 Å². The number of carbonyl (C=O) groups is 1. The van der Waals surface area contributed by atoms with Gasteiger partial charge in [-0.1, -0.05) is 0 Å². The number of methoxy groups -OCH3 is 1. The largest absolute Gasteiger partial charge is 0.497 e. The number of nitrogens with zero attached hydrogens (tertiary/aromatic N) is 2. The molecule has 1 aromatic carbocycles. The minimum Gasteiger partial charge on any atom is -0.497 e. The van der Waals surface area contributed by atoms with Gasteiger partial charge in [-0.2, -0.15) is 0 Å². The number of aryl methyl sites for hydroxylation is 1. The highest BCUT2D eigenvalue weighted by Crippen LogP contribution is 2.10. The van der Waals surface area contributed by atoms with Crippen molar-refractivity contribution in [2.45, 2.75) is 20.4 Å². The number of benzene rings is 1. The van der Waals surface area contributed by atoms with Gasteiger partial charge in [-0.3, -0.25) is 14.2 Å². The molecule has 0 aliphatic carbocycles. The molecule has 1 heterocycles. The second-order valence-electron chi connectivity index (χ2n) is 4.94. The van der Waals surface area contributed by atoms with Gasteiger partial charge < -0.3 is 10.1 Å². The molecule has 0 aliphatic heterocycles. The number of ether oxygens (including phenoxy) is 1. The van der Waals surface area contributed by atoms with Gasteiger partial charge in [0.15, 0.2) is 0 Å². The Balaban J connectivity index is 1.94. The van der Waals surface area contributed by atoms with Crippen molar-refractivity contribution in [1.29, 1.82) is 0 Å². The zero-order valence-electron chi connectivity index (χ0n) is 12.9. The second kappa shape index (κ2) is 6.89. The lowest BCUT2D eigenvalue weighted by atomic mass is 10.2. The minimum absolute atomic E-state index is 0.0776. The summed E-state index contributed by atoms with van der Waals surface area (Å²) >= 11 is 0. The second-order valence-corrected chi connectivity index (χ2v) is 4.94. The summed E-state index contributed by atoms with van der Waals surface area (Å²) in [5.74, 6) is 0.511. The molecule has 1 N–H and O–H groups in total. The summed E-state index contributed by atoms with van der Waals surface area (Å²) in [5, 5.41) is 2.78. The maximum Gasteiger partial charge on any atom is 0.256 e. The fourth-order valence-corrected chi connectivity index (χ4v) is 1.97. The van der Waals surface area contributed by atoms with Gasteiger partial charge in [-0.25, -0.2) is 4.98 Å². The van der Waals surface area contributed by atoms with Crippen LogP contribution < -0.4 is 15.6 Å². The number of nitrogens with one attached hydrogen (secondary N) is 1. The predicted octanol–water partition coefficient (Wildman–Crippen LogP) is 1.30. The summed E-state index contributed by atoms with van der Waals surface area (Å²) in [4.78, 5) is 28.1. The summed E-state index contributed by atoms with van der Waals surface area (Å²) in [7, 11) is 1.57. The lowest BCUT2D eigenvalue weighted by Gasteiger charge is -2.09. The third kappa shape index (κ3) is 3.52. The molecule has 0 unspecified atom stereocenters. The molecule has 0 bridgehead atoms. The first kappa shape index (κ1) is 15.8. The molecule has 1 amide bonds. The molecule has 2 aromatic rings. The van der Waals surface area contributed by atoms with Crippen molar-refractivity contribution >= 4 is 5.91 Å². The van der Waals surface area contributed by atoms with E-state index in [-0.39, 0.29) is 11.5 Å². The molecule has 22 heavy (non-hydrogen) atoms. The van der Waals surface area contributed by atoms with Gasteiger partial charge in [-0.15, -0.1) is 0 Å². The summed E-state index contributed by atoms with van der Waals surface area (Å²) in [5.41, 5.74) is 1.82. The van der Waals surface area contributed by atoms with E-state index < -0.39 is 0 Å². The third-order valence-electron chi connectivity index (χ3n) is 3.51. The summed E-state index contributed by atoms with van der Waals surface area (Å²) in [6.45, 7) is 4.29. The van der Waals surface area contributed by atoms with Crippen LogP contribution in [-0.4, -0.2) is 29.1 Å². The predicted molar refractivity (Wildman–Crippen MR) is 83.3 cm³/mol. The number of aromatic nitrogens is 2. The quantitative estimate of drug-likeness (QED) is 0.903. The minimum atomic E-state index is -0.188. The zero-order valence-corrected chi connectivity index (χ0v) is 12.9. The van der Waals surface area contributed by atoms with E-state index in [4.69, 9.17) is 4.74 Å². The molecular weight excluding hydrogens is 282 g/mol. The molecule has 0 radical (unpaired) electrons. The van der Waals surface area contributed by atoms with Crippen LogP contribution in [0.2, 0.25) is 0 Å². The molecule has 6 heteroatoms. The first-order valence-electron chi connectivity index (χ1n) is 6.98. The first-order chi connectivity index (χ1) is 10.5. The first-order valence-corrected chi connectivity index (χ1v) is 6.98. The third-order valence-corrected chi connectivity index (χ3v) is 3.51. The topological polar surface area (TPSA) is 73.2 Å². The van der Waals surface area contributed by atoms with Gasteiger partial charge in [0, 0.05) is 29.9 Å². The number of rotatable bonds is 5. The van der Waals surface area contributed by atoms with Crippen LogP contribution >= 0.6 is 0 Å². The molecule has 0 atom stereocenters. The van der Waals surface area contributed by atoms with Gasteiger partial charge in [0.05, 0.1) is 13.4 Å². The number of amides is 1. The molecule has 1 aromatic heterocycles. The van der Waals surface area contributed by atoms with E-state index in [1.807, 2.05) is 0 Å². The number of carbonyl (C=O) groups excluding carboxylic acids is 1. The lowest BCUT2D eigenvalue weighted by molar-refractivity contribution is 0.0952. The Bertz CT molecular complexity index is 720. The van der Waals surface area contributed by atoms with Crippen LogP contribution in [0.4, 0.5) is 0 Å². The van der Waals surface area contributed by atoms with Crippen LogP contribution in [-0.2, 0) is 6.54 Å². The van der Waals surface area contributed by atoms with Gasteiger partial charge in [0.2, 0.25) is 0 Å². The van der Waals surface area contributed by atoms with E-state index in [1.54, 1.807) is 45.2 Å². The molecule has 116 valence electrons. The van der Waals surface area contributed by atoms with Crippen LogP contribution in [0.15, 0.2) is 35.4 Å². The fourth-order valence-electron chi connectivity index (χ4n) is 1.97. The van der Waals surface area contributed by atoms with Crippen molar-refractivity contribution < 1.29 is 9.53 Å². The molecule has 0 fully saturated rings. The van der Waals surface area contributed by atoms with E-state index in [2.05, 4.69) is 10.3 Å². The molecule has 6 nitrogen and oxygen atoms in total. The van der Waals surface area contributed by atoms with Crippen molar-refractivity contribution in [1.82, 2.24) is 14.9 Å². The van der Waals surface area contributed by atoms with E-state index in [0.29, 0.717) is 30.0 Å². The van der Waals surface area contributed by atoms with Crippen LogP contribution in [0.5, 0.6) is 5.75 Å². The Labute approximate surface area is 128 Å². The Kier molecular flexibility index (Phi) is 4.93. The normalized spacial score (nSPS) is 10.3. The Morgan fingerprint density at radius 2 is 1.95 bits per heavy atom. The highest BCUT2D eigenvalue weighted by Gasteiger charge is 2.07. The molecule has 2 rings (SSSR count). The van der Waals surface area contributed by atoms with Crippen molar-refractivity contribution in [3.05, 3.63) is 57.8 Å². The van der Waals surface area contributed by atoms with Crippen molar-refractivity contribution in [3.63, 3.8) is 0 Å². The number of hydrogen-bond donors (Lipinski definition) is 1. The summed E-state index contributed by atoms with van der Waals surface area (Å²) in [6, 6.07) is 6.84. The van der Waals surface area contributed by atoms with Gasteiger partial charge in [-0.05, 0) is 38.1 Å². The van der Waals surface area contributed by atoms with Crippen LogP contribution in [0.1, 0.15) is 21.6 Å². The van der Waals surface area contributed by atoms with Crippen LogP contribution in [0.25, 0.3) is 0 Å². The molecular formula is C16H19N3O3. The summed E-state index contributed by atoms with van der Waals surface area (Å²) in [6.07, 6.45) is 1.50. The van der Waals surface area contributed by atoms with Crippen molar-refractivity contribution in [3.8, 4) is 5.75 Å². The van der Waals surface area contributed by atoms with E-state index in [1.165, 1.54) is 10.9 Å². The van der Waals surface area contributed by atoms with Crippen molar-refractivity contribution in [2.24, 2.45) is 0 Å². The van der Waals surface area contributed by atoms with Crippen LogP contribution in [0, 0.1) is 13.8 Å². The SMILES string of the molecule is COc1ccc(C(=O)NCCn2cnc(C)c(C)c2=O)cc1. The zero-order chi connectivity index (χ0) is 16.1. The Morgan fingerprint density at radius 3 is 2.59 bits per heavy atom. The van der Waals surface area contributed by atoms with Gasteiger partial charge in [0.1, 0.15) is 5.75 Å². The standard InChI is InChI=1S/C16H19N3O3/c1-11-12(2)18-10-19(16(11)21)9-8-17-15(20)13-4-6-14(22-3)7-5-13/h4-7,10H,8-9H2,1-3H3,(H,17,20). The van der Waals surface area contributed by atoms with Crippen LogP contribution in [0.3, 0.4) is 0 Å². The number of hydrogen-bond acceptors (Lipinski definition) is 4. The molecule has 0 saturated heterocycles. The smallest absolute Gasteiger partial charge is 0.256 e. The van der Waals surface area contributed by atoms with Gasteiger partial charge in [0.25, 0.3) is 11.5 Å². The maximum absolute atomic E-state index is 12.0. The monoisotopic (exact) mass is 301 g/mol. The van der Waals surface area contributed by atoms with Crippen molar-refractivity contribution in [2.75, 3.05) is 13.7 Å². The average molecular weight is 301 g/mol.